The van der Waals surface area contributed by atoms with Crippen LogP contribution in [0.4, 0.5) is 5.69 Å². The Morgan fingerprint density at radius 3 is 2.53 bits per heavy atom. The summed E-state index contributed by atoms with van der Waals surface area (Å²) in [5.74, 6) is 0.778. The molecule has 6 nitrogen and oxygen atoms in total. The minimum atomic E-state index is -1.17. The number of anilines is 1. The van der Waals surface area contributed by atoms with Crippen LogP contribution < -0.4 is 10.1 Å². The number of fused-ring (bicyclic) bond motifs is 1. The highest BCUT2D eigenvalue weighted by molar-refractivity contribution is 5.95. The van der Waals surface area contributed by atoms with Crippen LogP contribution in [-0.4, -0.2) is 22.2 Å². The van der Waals surface area contributed by atoms with Crippen molar-refractivity contribution in [2.24, 2.45) is 0 Å². The van der Waals surface area contributed by atoms with E-state index in [0.717, 1.165) is 33.5 Å². The standard InChI is InChI=1S/C28H29N3O3/c1-4-31-26-16-23(34-19(2)3)13-14-24(26)25(17-29)27(31)21-11-8-12-22(15-21)30-28(32)33-18-20-9-6-5-7-10-20/h5-16,19,28,30,32H,4,18H2,1-3H3. The molecule has 0 radical (unpaired) electrons. The van der Waals surface area contributed by atoms with Gasteiger partial charge in [0.05, 0.1) is 29.5 Å². The summed E-state index contributed by atoms with van der Waals surface area (Å²) in [7, 11) is 0. The van der Waals surface area contributed by atoms with Gasteiger partial charge in [0, 0.05) is 29.2 Å². The van der Waals surface area contributed by atoms with Crippen molar-refractivity contribution in [3.05, 3.63) is 83.9 Å². The minimum absolute atomic E-state index is 0.0655. The van der Waals surface area contributed by atoms with E-state index < -0.39 is 6.41 Å². The van der Waals surface area contributed by atoms with Gasteiger partial charge in [-0.2, -0.15) is 5.26 Å². The molecule has 0 bridgehead atoms. The first-order valence-electron chi connectivity index (χ1n) is 11.4. The van der Waals surface area contributed by atoms with Crippen LogP contribution in [-0.2, 0) is 17.9 Å². The lowest BCUT2D eigenvalue weighted by molar-refractivity contribution is -0.0871. The Morgan fingerprint density at radius 1 is 1.03 bits per heavy atom. The number of aryl methyl sites for hydroxylation is 1. The van der Waals surface area contributed by atoms with Gasteiger partial charge in [0.2, 0.25) is 6.41 Å². The maximum atomic E-state index is 10.3. The molecular weight excluding hydrogens is 426 g/mol. The molecule has 0 aliphatic heterocycles. The van der Waals surface area contributed by atoms with E-state index in [1.165, 1.54) is 0 Å². The number of rotatable bonds is 9. The number of aliphatic hydroxyl groups is 1. The van der Waals surface area contributed by atoms with Crippen LogP contribution in [0.1, 0.15) is 31.9 Å². The molecule has 0 saturated heterocycles. The average Bonchev–Trinajstić information content (AvgIpc) is 3.16. The van der Waals surface area contributed by atoms with Crippen LogP contribution in [0.25, 0.3) is 22.2 Å². The first kappa shape index (κ1) is 23.4. The summed E-state index contributed by atoms with van der Waals surface area (Å²) in [6.45, 7) is 7.03. The van der Waals surface area contributed by atoms with E-state index in [1.54, 1.807) is 0 Å². The largest absolute Gasteiger partial charge is 0.491 e. The maximum absolute atomic E-state index is 10.3. The summed E-state index contributed by atoms with van der Waals surface area (Å²) in [5, 5.41) is 24.2. The normalized spacial score (nSPS) is 12.0. The molecule has 3 aromatic carbocycles. The Morgan fingerprint density at radius 2 is 1.82 bits per heavy atom. The number of ether oxygens (including phenoxy) is 2. The number of hydrogen-bond donors (Lipinski definition) is 2. The number of nitrogens with one attached hydrogen (secondary N) is 1. The molecular formula is C28H29N3O3. The van der Waals surface area contributed by atoms with Gasteiger partial charge >= 0.3 is 0 Å². The fourth-order valence-corrected chi connectivity index (χ4v) is 4.11. The maximum Gasteiger partial charge on any atom is 0.235 e. The van der Waals surface area contributed by atoms with E-state index in [1.807, 2.05) is 86.6 Å². The lowest BCUT2D eigenvalue weighted by Crippen LogP contribution is -2.22. The topological polar surface area (TPSA) is 79.4 Å². The fourth-order valence-electron chi connectivity index (χ4n) is 4.11. The van der Waals surface area contributed by atoms with Crippen molar-refractivity contribution < 1.29 is 14.6 Å². The second kappa shape index (κ2) is 10.4. The monoisotopic (exact) mass is 455 g/mol. The molecule has 4 rings (SSSR count). The zero-order valence-corrected chi connectivity index (χ0v) is 19.7. The van der Waals surface area contributed by atoms with Gasteiger partial charge in [-0.3, -0.25) is 0 Å². The van der Waals surface area contributed by atoms with Crippen molar-refractivity contribution in [2.45, 2.75) is 46.4 Å². The van der Waals surface area contributed by atoms with E-state index in [4.69, 9.17) is 9.47 Å². The van der Waals surface area contributed by atoms with Crippen LogP contribution in [0.2, 0.25) is 0 Å². The number of hydrogen-bond acceptors (Lipinski definition) is 5. The second-order valence-electron chi connectivity index (χ2n) is 8.30. The molecule has 0 amide bonds. The Hall–Kier alpha value is -3.79. The van der Waals surface area contributed by atoms with Gasteiger partial charge in [0.1, 0.15) is 11.8 Å². The average molecular weight is 456 g/mol. The van der Waals surface area contributed by atoms with Crippen LogP contribution in [0, 0.1) is 11.3 Å². The first-order valence-corrected chi connectivity index (χ1v) is 11.4. The molecule has 2 N–H and O–H groups in total. The molecule has 174 valence electrons. The third-order valence-electron chi connectivity index (χ3n) is 5.51. The van der Waals surface area contributed by atoms with Crippen LogP contribution >= 0.6 is 0 Å². The Kier molecular flexibility index (Phi) is 7.17. The molecule has 1 unspecified atom stereocenters. The summed E-state index contributed by atoms with van der Waals surface area (Å²) >= 11 is 0. The fraction of sp³-hybridized carbons (Fsp3) is 0.250. The summed E-state index contributed by atoms with van der Waals surface area (Å²) in [6.07, 6.45) is -1.10. The quantitative estimate of drug-likeness (QED) is 0.308. The third kappa shape index (κ3) is 5.07. The van der Waals surface area contributed by atoms with Crippen molar-refractivity contribution in [3.63, 3.8) is 0 Å². The number of nitriles is 1. The van der Waals surface area contributed by atoms with Gasteiger partial charge in [-0.15, -0.1) is 0 Å². The van der Waals surface area contributed by atoms with Crippen LogP contribution in [0.5, 0.6) is 5.75 Å². The highest BCUT2D eigenvalue weighted by atomic mass is 16.6. The number of nitrogens with zero attached hydrogens (tertiary/aromatic N) is 2. The molecule has 0 aliphatic rings. The Bertz CT molecular complexity index is 1310. The van der Waals surface area contributed by atoms with E-state index in [2.05, 4.69) is 22.9 Å². The Balaban J connectivity index is 1.63. The van der Waals surface area contributed by atoms with E-state index >= 15 is 0 Å². The zero-order chi connectivity index (χ0) is 24.1. The molecule has 1 atom stereocenters. The van der Waals surface area contributed by atoms with E-state index in [9.17, 15) is 10.4 Å². The second-order valence-corrected chi connectivity index (χ2v) is 8.30. The molecule has 4 aromatic rings. The van der Waals surface area contributed by atoms with Gasteiger partial charge < -0.3 is 24.5 Å². The summed E-state index contributed by atoms with van der Waals surface area (Å²) in [5.41, 5.74) is 4.96. The van der Waals surface area contributed by atoms with Gasteiger partial charge in [0.25, 0.3) is 0 Å². The molecule has 0 aliphatic carbocycles. The predicted molar refractivity (Wildman–Crippen MR) is 134 cm³/mol. The predicted octanol–water partition coefficient (Wildman–Crippen LogP) is 5.89. The van der Waals surface area contributed by atoms with Crippen molar-refractivity contribution >= 4 is 16.6 Å². The molecule has 0 fully saturated rings. The zero-order valence-electron chi connectivity index (χ0n) is 19.7. The lowest BCUT2D eigenvalue weighted by atomic mass is 10.1. The van der Waals surface area contributed by atoms with Crippen LogP contribution in [0.3, 0.4) is 0 Å². The summed E-state index contributed by atoms with van der Waals surface area (Å²) in [6, 6.07) is 25.6. The van der Waals surface area contributed by atoms with Crippen molar-refractivity contribution in [2.75, 3.05) is 5.32 Å². The van der Waals surface area contributed by atoms with Gasteiger partial charge in [-0.1, -0.05) is 42.5 Å². The third-order valence-corrected chi connectivity index (χ3v) is 5.51. The smallest absolute Gasteiger partial charge is 0.235 e. The van der Waals surface area contributed by atoms with E-state index in [-0.39, 0.29) is 12.7 Å². The first-order chi connectivity index (χ1) is 16.5. The lowest BCUT2D eigenvalue weighted by Gasteiger charge is -2.16. The summed E-state index contributed by atoms with van der Waals surface area (Å²) in [4.78, 5) is 0. The molecule has 1 aromatic heterocycles. The highest BCUT2D eigenvalue weighted by Gasteiger charge is 2.19. The van der Waals surface area contributed by atoms with E-state index in [0.29, 0.717) is 17.8 Å². The van der Waals surface area contributed by atoms with Gasteiger partial charge in [-0.25, -0.2) is 0 Å². The Labute approximate surface area is 200 Å². The molecule has 0 spiro atoms. The van der Waals surface area contributed by atoms with Crippen LogP contribution in [0.15, 0.2) is 72.8 Å². The molecule has 34 heavy (non-hydrogen) atoms. The highest BCUT2D eigenvalue weighted by Crippen LogP contribution is 2.36. The van der Waals surface area contributed by atoms with Crippen molar-refractivity contribution in [1.82, 2.24) is 4.57 Å². The number of aromatic nitrogens is 1. The SMILES string of the molecule is CCn1c(-c2cccc(NC(O)OCc3ccccc3)c2)c(C#N)c2ccc(OC(C)C)cc21. The molecule has 0 saturated carbocycles. The molecule has 6 heteroatoms. The molecule has 1 heterocycles. The van der Waals surface area contributed by atoms with Crippen molar-refractivity contribution in [3.8, 4) is 23.1 Å². The number of aliphatic hydroxyl groups excluding tert-OH is 1. The minimum Gasteiger partial charge on any atom is -0.491 e. The van der Waals surface area contributed by atoms with Gasteiger partial charge in [0.15, 0.2) is 0 Å². The summed E-state index contributed by atoms with van der Waals surface area (Å²) < 4.78 is 13.5. The van der Waals surface area contributed by atoms with Gasteiger partial charge in [-0.05, 0) is 50.6 Å². The number of benzene rings is 3. The van der Waals surface area contributed by atoms with Crippen molar-refractivity contribution in [1.29, 1.82) is 5.26 Å².